The van der Waals surface area contributed by atoms with Crippen molar-refractivity contribution in [2.24, 2.45) is 5.41 Å². The standard InChI is InChI=1S/C29H29N3O3S/c1-29(2)15-21-25(28(32-10-12-35-13-11-32)36-26(21)24(33)16-29)18-6-5-7-19(14-18)31-27(34)22-17-30-23-9-4-3-8-20(22)23/h3-9,14,17,30H,10-13,15-16H2,1-2H3,(H,31,34). The number of aromatic amines is 1. The zero-order valence-electron chi connectivity index (χ0n) is 20.5. The van der Waals surface area contributed by atoms with Crippen LogP contribution in [0.1, 0.15) is 45.9 Å². The number of hydrogen-bond donors (Lipinski definition) is 2. The number of ether oxygens (including phenoxy) is 1. The van der Waals surface area contributed by atoms with Crippen molar-refractivity contribution >= 4 is 44.6 Å². The lowest BCUT2D eigenvalue weighted by Crippen LogP contribution is -2.36. The second-order valence-corrected chi connectivity index (χ2v) is 11.4. The number of hydrogen-bond acceptors (Lipinski definition) is 5. The number of anilines is 2. The predicted octanol–water partition coefficient (Wildman–Crippen LogP) is 6.14. The van der Waals surface area contributed by atoms with Crippen LogP contribution in [0.2, 0.25) is 0 Å². The van der Waals surface area contributed by atoms with Crippen molar-refractivity contribution in [2.45, 2.75) is 26.7 Å². The fraction of sp³-hybridized carbons (Fsp3) is 0.310. The van der Waals surface area contributed by atoms with E-state index in [4.69, 9.17) is 4.74 Å². The summed E-state index contributed by atoms with van der Waals surface area (Å²) in [5, 5.41) is 5.12. The minimum Gasteiger partial charge on any atom is -0.378 e. The number of ketones is 1. The number of carbonyl (C=O) groups is 2. The van der Waals surface area contributed by atoms with Gasteiger partial charge in [0.05, 0.1) is 28.7 Å². The molecule has 2 aliphatic rings. The Labute approximate surface area is 214 Å². The van der Waals surface area contributed by atoms with E-state index in [1.54, 1.807) is 17.5 Å². The lowest BCUT2D eigenvalue weighted by atomic mass is 9.75. The Balaban J connectivity index is 1.39. The van der Waals surface area contributed by atoms with Gasteiger partial charge in [0.15, 0.2) is 5.78 Å². The topological polar surface area (TPSA) is 74.4 Å². The predicted molar refractivity (Wildman–Crippen MR) is 145 cm³/mol. The van der Waals surface area contributed by atoms with Crippen LogP contribution in [0.5, 0.6) is 0 Å². The summed E-state index contributed by atoms with van der Waals surface area (Å²) < 4.78 is 5.60. The maximum absolute atomic E-state index is 13.2. The van der Waals surface area contributed by atoms with Crippen LogP contribution < -0.4 is 10.2 Å². The number of morpholine rings is 1. The van der Waals surface area contributed by atoms with E-state index < -0.39 is 0 Å². The molecule has 1 saturated heterocycles. The molecule has 2 aromatic carbocycles. The van der Waals surface area contributed by atoms with E-state index in [9.17, 15) is 9.59 Å². The molecule has 0 radical (unpaired) electrons. The number of benzene rings is 2. The normalized spacial score (nSPS) is 17.3. The highest BCUT2D eigenvalue weighted by Gasteiger charge is 2.37. The van der Waals surface area contributed by atoms with Gasteiger partial charge in [0.25, 0.3) is 5.91 Å². The van der Waals surface area contributed by atoms with Crippen molar-refractivity contribution in [3.05, 3.63) is 70.7 Å². The first-order valence-electron chi connectivity index (χ1n) is 12.4. The highest BCUT2D eigenvalue weighted by Crippen LogP contribution is 2.49. The maximum atomic E-state index is 13.2. The third-order valence-corrected chi connectivity index (χ3v) is 8.41. The molecular weight excluding hydrogens is 470 g/mol. The SMILES string of the molecule is CC1(C)CC(=O)c2sc(N3CCOCC3)c(-c3cccc(NC(=O)c4c[nH]c5ccccc45)c3)c2C1. The number of thiophene rings is 1. The molecule has 7 heteroatoms. The van der Waals surface area contributed by atoms with Crippen LogP contribution in [0.15, 0.2) is 54.7 Å². The van der Waals surface area contributed by atoms with Gasteiger partial charge in [-0.3, -0.25) is 9.59 Å². The number of carbonyl (C=O) groups excluding carboxylic acids is 2. The summed E-state index contributed by atoms with van der Waals surface area (Å²) in [5.74, 6) is 0.0810. The fourth-order valence-corrected chi connectivity index (χ4v) is 6.73. The molecule has 6 rings (SSSR count). The van der Waals surface area contributed by atoms with Crippen LogP contribution in [-0.2, 0) is 11.2 Å². The Kier molecular flexibility index (Phi) is 5.69. The molecule has 1 aliphatic heterocycles. The molecule has 184 valence electrons. The second-order valence-electron chi connectivity index (χ2n) is 10.4. The lowest BCUT2D eigenvalue weighted by Gasteiger charge is -2.30. The molecule has 1 fully saturated rings. The van der Waals surface area contributed by atoms with E-state index in [2.05, 4.69) is 35.1 Å². The molecular formula is C29H29N3O3S. The molecule has 1 amide bonds. The van der Waals surface area contributed by atoms with Gasteiger partial charge in [-0.25, -0.2) is 0 Å². The van der Waals surface area contributed by atoms with Crippen LogP contribution >= 0.6 is 11.3 Å². The maximum Gasteiger partial charge on any atom is 0.257 e. The Morgan fingerprint density at radius 1 is 1.08 bits per heavy atom. The minimum atomic E-state index is -0.151. The van der Waals surface area contributed by atoms with Crippen LogP contribution in [0.4, 0.5) is 10.7 Å². The van der Waals surface area contributed by atoms with Crippen LogP contribution in [0.3, 0.4) is 0 Å². The van der Waals surface area contributed by atoms with Gasteiger partial charge in [-0.05, 0) is 41.2 Å². The summed E-state index contributed by atoms with van der Waals surface area (Å²) in [5.41, 5.74) is 5.50. The fourth-order valence-electron chi connectivity index (χ4n) is 5.40. The molecule has 0 bridgehead atoms. The van der Waals surface area contributed by atoms with Gasteiger partial charge in [-0.15, -0.1) is 11.3 Å². The number of nitrogens with one attached hydrogen (secondary N) is 2. The molecule has 0 saturated carbocycles. The summed E-state index contributed by atoms with van der Waals surface area (Å²) >= 11 is 1.62. The van der Waals surface area contributed by atoms with Crippen LogP contribution in [0.25, 0.3) is 22.0 Å². The quantitative estimate of drug-likeness (QED) is 0.354. The van der Waals surface area contributed by atoms with E-state index in [0.717, 1.165) is 62.7 Å². The average molecular weight is 500 g/mol. The zero-order chi connectivity index (χ0) is 24.9. The van der Waals surface area contributed by atoms with E-state index >= 15 is 0 Å². The molecule has 6 nitrogen and oxygen atoms in total. The largest absolute Gasteiger partial charge is 0.378 e. The summed E-state index contributed by atoms with van der Waals surface area (Å²) in [6.07, 6.45) is 3.18. The number of Topliss-reactive ketones (excluding diaryl/α,β-unsaturated/α-hetero) is 1. The Bertz CT molecular complexity index is 1480. The van der Waals surface area contributed by atoms with E-state index in [1.807, 2.05) is 42.5 Å². The number of nitrogens with zero attached hydrogens (tertiary/aromatic N) is 1. The van der Waals surface area contributed by atoms with Gasteiger partial charge in [-0.1, -0.05) is 44.2 Å². The number of H-pyrrole nitrogens is 1. The molecule has 4 aromatic rings. The molecule has 2 N–H and O–H groups in total. The lowest BCUT2D eigenvalue weighted by molar-refractivity contribution is 0.0917. The molecule has 0 atom stereocenters. The summed E-state index contributed by atoms with van der Waals surface area (Å²) in [6.45, 7) is 7.31. The third kappa shape index (κ3) is 4.12. The van der Waals surface area contributed by atoms with Gasteiger partial charge < -0.3 is 19.9 Å². The Morgan fingerprint density at radius 3 is 2.72 bits per heavy atom. The summed E-state index contributed by atoms with van der Waals surface area (Å²) in [7, 11) is 0. The second kappa shape index (κ2) is 8.91. The molecule has 3 heterocycles. The van der Waals surface area contributed by atoms with E-state index in [-0.39, 0.29) is 17.1 Å². The molecule has 0 spiro atoms. The summed E-state index contributed by atoms with van der Waals surface area (Å²) in [4.78, 5) is 32.7. The smallest absolute Gasteiger partial charge is 0.257 e. The van der Waals surface area contributed by atoms with Gasteiger partial charge in [-0.2, -0.15) is 0 Å². The van der Waals surface area contributed by atoms with E-state index in [1.165, 1.54) is 0 Å². The van der Waals surface area contributed by atoms with Crippen molar-refractivity contribution in [2.75, 3.05) is 36.5 Å². The van der Waals surface area contributed by atoms with Crippen LogP contribution in [0, 0.1) is 5.41 Å². The summed E-state index contributed by atoms with van der Waals surface area (Å²) in [6, 6.07) is 15.8. The van der Waals surface area contributed by atoms with Crippen molar-refractivity contribution in [3.63, 3.8) is 0 Å². The van der Waals surface area contributed by atoms with E-state index in [0.29, 0.717) is 25.2 Å². The number of rotatable bonds is 4. The van der Waals surface area contributed by atoms with Gasteiger partial charge >= 0.3 is 0 Å². The molecule has 36 heavy (non-hydrogen) atoms. The first-order chi connectivity index (χ1) is 17.4. The monoisotopic (exact) mass is 499 g/mol. The zero-order valence-corrected chi connectivity index (χ0v) is 21.3. The number of para-hydroxylation sites is 1. The molecule has 2 aromatic heterocycles. The first kappa shape index (κ1) is 23.0. The minimum absolute atomic E-state index is 0.0800. The van der Waals surface area contributed by atoms with Crippen molar-refractivity contribution < 1.29 is 14.3 Å². The van der Waals surface area contributed by atoms with Crippen LogP contribution in [-0.4, -0.2) is 43.0 Å². The van der Waals surface area contributed by atoms with Gasteiger partial charge in [0, 0.05) is 47.9 Å². The molecule has 1 aliphatic carbocycles. The highest BCUT2D eigenvalue weighted by atomic mass is 32.1. The van der Waals surface area contributed by atoms with Gasteiger partial charge in [0.1, 0.15) is 0 Å². The third-order valence-electron chi connectivity index (χ3n) is 7.08. The number of amides is 1. The Morgan fingerprint density at radius 2 is 1.89 bits per heavy atom. The van der Waals surface area contributed by atoms with Crippen molar-refractivity contribution in [1.29, 1.82) is 0 Å². The van der Waals surface area contributed by atoms with Gasteiger partial charge in [0.2, 0.25) is 0 Å². The van der Waals surface area contributed by atoms with Crippen molar-refractivity contribution in [1.82, 2.24) is 4.98 Å². The van der Waals surface area contributed by atoms with Crippen molar-refractivity contribution in [3.8, 4) is 11.1 Å². The average Bonchev–Trinajstić information content (AvgIpc) is 3.46. The highest BCUT2D eigenvalue weighted by molar-refractivity contribution is 7.19. The number of fused-ring (bicyclic) bond motifs is 2. The molecule has 0 unspecified atom stereocenters. The number of aromatic nitrogens is 1. The Hall–Kier alpha value is -3.42. The first-order valence-corrected chi connectivity index (χ1v) is 13.2.